The predicted octanol–water partition coefficient (Wildman–Crippen LogP) is 3.80. The van der Waals surface area contributed by atoms with E-state index >= 15 is 0 Å². The van der Waals surface area contributed by atoms with Crippen molar-refractivity contribution >= 4 is 17.1 Å². The average molecular weight is 379 g/mol. The maximum Gasteiger partial charge on any atom is 0.407 e. The van der Waals surface area contributed by atoms with Crippen molar-refractivity contribution in [3.05, 3.63) is 76.1 Å². The molecule has 144 valence electrons. The van der Waals surface area contributed by atoms with Crippen molar-refractivity contribution in [3.63, 3.8) is 0 Å². The van der Waals surface area contributed by atoms with Crippen LogP contribution >= 0.6 is 0 Å². The van der Waals surface area contributed by atoms with Crippen molar-refractivity contribution in [2.45, 2.75) is 38.5 Å². The molecule has 0 spiro atoms. The normalized spacial score (nSPS) is 17.4. The van der Waals surface area contributed by atoms with Crippen molar-refractivity contribution < 1.29 is 18.7 Å². The SMILES string of the molecule is CC1(C)Oc2cc3oc(=O)ccc3cc2C[C@@H]1OC(=O)NCc1ccccc1. The highest BCUT2D eigenvalue weighted by molar-refractivity contribution is 5.79. The second kappa shape index (κ2) is 7.03. The molecule has 0 unspecified atom stereocenters. The van der Waals surface area contributed by atoms with Gasteiger partial charge in [-0.1, -0.05) is 30.3 Å². The molecule has 6 nitrogen and oxygen atoms in total. The van der Waals surface area contributed by atoms with Crippen LogP contribution in [0.3, 0.4) is 0 Å². The Labute approximate surface area is 162 Å². The summed E-state index contributed by atoms with van der Waals surface area (Å²) in [5, 5.41) is 3.58. The van der Waals surface area contributed by atoms with E-state index in [-0.39, 0.29) is 0 Å². The molecule has 0 aliphatic carbocycles. The Morgan fingerprint density at radius 2 is 1.96 bits per heavy atom. The van der Waals surface area contributed by atoms with Crippen molar-refractivity contribution in [3.8, 4) is 5.75 Å². The summed E-state index contributed by atoms with van der Waals surface area (Å²) in [6, 6.07) is 16.4. The van der Waals surface area contributed by atoms with Gasteiger partial charge in [0.15, 0.2) is 0 Å². The molecule has 0 saturated carbocycles. The Kier molecular flexibility index (Phi) is 4.55. The highest BCUT2D eigenvalue weighted by Crippen LogP contribution is 2.37. The van der Waals surface area contributed by atoms with Gasteiger partial charge in [0, 0.05) is 30.5 Å². The first-order valence-electron chi connectivity index (χ1n) is 9.15. The lowest BCUT2D eigenvalue weighted by Gasteiger charge is -2.39. The lowest BCUT2D eigenvalue weighted by atomic mass is 9.90. The van der Waals surface area contributed by atoms with Crippen LogP contribution in [0.5, 0.6) is 5.75 Å². The first-order valence-corrected chi connectivity index (χ1v) is 9.15. The van der Waals surface area contributed by atoms with Crippen LogP contribution in [-0.4, -0.2) is 17.8 Å². The number of carbonyl (C=O) groups is 1. The minimum Gasteiger partial charge on any atom is -0.484 e. The molecular formula is C22H21NO5. The minimum absolute atomic E-state index is 0.397. The van der Waals surface area contributed by atoms with Crippen molar-refractivity contribution in [2.24, 2.45) is 0 Å². The zero-order chi connectivity index (χ0) is 19.7. The molecular weight excluding hydrogens is 358 g/mol. The standard InChI is InChI=1S/C22H21NO5/c1-22(2)19(27-21(25)23-13-14-6-4-3-5-7-14)11-16-10-15-8-9-20(24)26-17(15)12-18(16)28-22/h3-10,12,19H,11,13H2,1-2H3,(H,23,25)/t19-/m0/s1. The van der Waals surface area contributed by atoms with E-state index in [9.17, 15) is 9.59 Å². The fourth-order valence-corrected chi connectivity index (χ4v) is 3.32. The summed E-state index contributed by atoms with van der Waals surface area (Å²) in [5.74, 6) is 0.636. The van der Waals surface area contributed by atoms with Crippen molar-refractivity contribution in [2.75, 3.05) is 0 Å². The molecule has 4 rings (SSSR count). The second-order valence-corrected chi connectivity index (χ2v) is 7.39. The van der Waals surface area contributed by atoms with Gasteiger partial charge in [-0.3, -0.25) is 0 Å². The molecule has 0 fully saturated rings. The second-order valence-electron chi connectivity index (χ2n) is 7.39. The van der Waals surface area contributed by atoms with E-state index in [1.807, 2.05) is 50.2 Å². The number of amides is 1. The molecule has 2 aromatic carbocycles. The van der Waals surface area contributed by atoms with E-state index in [1.165, 1.54) is 6.07 Å². The number of hydrogen-bond donors (Lipinski definition) is 1. The highest BCUT2D eigenvalue weighted by Gasteiger charge is 2.40. The molecule has 3 aromatic rings. The summed E-state index contributed by atoms with van der Waals surface area (Å²) >= 11 is 0. The number of fused-ring (bicyclic) bond motifs is 2. The molecule has 0 radical (unpaired) electrons. The van der Waals surface area contributed by atoms with E-state index in [1.54, 1.807) is 12.1 Å². The number of hydrogen-bond acceptors (Lipinski definition) is 5. The lowest BCUT2D eigenvalue weighted by Crippen LogP contribution is -2.49. The fraction of sp³-hybridized carbons (Fsp3) is 0.273. The summed E-state index contributed by atoms with van der Waals surface area (Å²) < 4.78 is 17.0. The number of nitrogens with one attached hydrogen (secondary N) is 1. The van der Waals surface area contributed by atoms with E-state index in [2.05, 4.69) is 5.32 Å². The zero-order valence-corrected chi connectivity index (χ0v) is 15.7. The number of rotatable bonds is 3. The van der Waals surface area contributed by atoms with Crippen molar-refractivity contribution in [1.29, 1.82) is 0 Å². The first-order chi connectivity index (χ1) is 13.4. The molecule has 1 atom stereocenters. The molecule has 2 heterocycles. The van der Waals surface area contributed by atoms with Gasteiger partial charge < -0.3 is 19.2 Å². The fourth-order valence-electron chi connectivity index (χ4n) is 3.32. The van der Waals surface area contributed by atoms with Gasteiger partial charge in [-0.2, -0.15) is 0 Å². The van der Waals surface area contributed by atoms with E-state index < -0.39 is 23.4 Å². The smallest absolute Gasteiger partial charge is 0.407 e. The third kappa shape index (κ3) is 3.71. The van der Waals surface area contributed by atoms with Gasteiger partial charge in [-0.25, -0.2) is 9.59 Å². The molecule has 0 saturated heterocycles. The number of ether oxygens (including phenoxy) is 2. The monoisotopic (exact) mass is 379 g/mol. The lowest BCUT2D eigenvalue weighted by molar-refractivity contribution is -0.0495. The summed E-state index contributed by atoms with van der Waals surface area (Å²) in [7, 11) is 0. The quantitative estimate of drug-likeness (QED) is 0.701. The average Bonchev–Trinajstić information content (AvgIpc) is 2.66. The molecule has 1 aliphatic rings. The number of alkyl carbamates (subject to hydrolysis) is 1. The zero-order valence-electron chi connectivity index (χ0n) is 15.7. The van der Waals surface area contributed by atoms with Crippen LogP contribution in [0.1, 0.15) is 25.0 Å². The van der Waals surface area contributed by atoms with E-state index in [0.29, 0.717) is 24.3 Å². The Balaban J connectivity index is 1.50. The Morgan fingerprint density at radius 3 is 2.75 bits per heavy atom. The maximum atomic E-state index is 12.3. The molecule has 1 aliphatic heterocycles. The summed E-state index contributed by atoms with van der Waals surface area (Å²) in [4.78, 5) is 23.7. The van der Waals surface area contributed by atoms with Crippen LogP contribution in [0.2, 0.25) is 0 Å². The molecule has 1 aromatic heterocycles. The van der Waals surface area contributed by atoms with Crippen LogP contribution < -0.4 is 15.7 Å². The maximum absolute atomic E-state index is 12.3. The van der Waals surface area contributed by atoms with Crippen LogP contribution in [-0.2, 0) is 17.7 Å². The summed E-state index contributed by atoms with van der Waals surface area (Å²) in [6.07, 6.45) is -0.430. The third-order valence-electron chi connectivity index (χ3n) is 4.89. The highest BCUT2D eigenvalue weighted by atomic mass is 16.6. The molecule has 1 amide bonds. The van der Waals surface area contributed by atoms with Crippen LogP contribution in [0.15, 0.2) is 63.8 Å². The Morgan fingerprint density at radius 1 is 1.18 bits per heavy atom. The number of benzene rings is 2. The van der Waals surface area contributed by atoms with Crippen molar-refractivity contribution in [1.82, 2.24) is 5.32 Å². The Bertz CT molecular complexity index is 1070. The van der Waals surface area contributed by atoms with Gasteiger partial charge in [0.2, 0.25) is 0 Å². The van der Waals surface area contributed by atoms with Crippen LogP contribution in [0, 0.1) is 0 Å². The first kappa shape index (κ1) is 18.1. The van der Waals surface area contributed by atoms with Gasteiger partial charge in [-0.15, -0.1) is 0 Å². The topological polar surface area (TPSA) is 77.8 Å². The van der Waals surface area contributed by atoms with Gasteiger partial charge in [0.1, 0.15) is 23.0 Å². The van der Waals surface area contributed by atoms with E-state index in [4.69, 9.17) is 13.9 Å². The summed E-state index contributed by atoms with van der Waals surface area (Å²) in [5.41, 5.74) is 1.25. The number of carbonyl (C=O) groups excluding carboxylic acids is 1. The summed E-state index contributed by atoms with van der Waals surface area (Å²) in [6.45, 7) is 4.14. The minimum atomic E-state index is -0.722. The molecule has 0 bridgehead atoms. The third-order valence-corrected chi connectivity index (χ3v) is 4.89. The van der Waals surface area contributed by atoms with Gasteiger partial charge in [0.05, 0.1) is 0 Å². The largest absolute Gasteiger partial charge is 0.484 e. The van der Waals surface area contributed by atoms with Gasteiger partial charge in [0.25, 0.3) is 0 Å². The Hall–Kier alpha value is -3.28. The van der Waals surface area contributed by atoms with Gasteiger partial charge in [-0.05, 0) is 37.1 Å². The van der Waals surface area contributed by atoms with Gasteiger partial charge >= 0.3 is 11.7 Å². The molecule has 1 N–H and O–H groups in total. The van der Waals surface area contributed by atoms with E-state index in [0.717, 1.165) is 16.5 Å². The van der Waals surface area contributed by atoms with Crippen LogP contribution in [0.25, 0.3) is 11.0 Å². The predicted molar refractivity (Wildman–Crippen MR) is 104 cm³/mol. The van der Waals surface area contributed by atoms with Crippen LogP contribution in [0.4, 0.5) is 4.79 Å². The molecule has 6 heteroatoms. The molecule has 28 heavy (non-hydrogen) atoms.